The number of nitrogen functional groups attached to an aromatic ring is 1. The van der Waals surface area contributed by atoms with E-state index in [9.17, 15) is 0 Å². The number of hydrogen-bond acceptors (Lipinski definition) is 5. The van der Waals surface area contributed by atoms with Gasteiger partial charge in [-0.15, -0.1) is 0 Å². The third-order valence-corrected chi connectivity index (χ3v) is 7.30. The zero-order chi connectivity index (χ0) is 23.2. The third kappa shape index (κ3) is 5.89. The van der Waals surface area contributed by atoms with Crippen molar-refractivity contribution in [3.05, 3.63) is 84.1 Å². The molecule has 2 heterocycles. The molecule has 2 fully saturated rings. The second kappa shape index (κ2) is 10.9. The van der Waals surface area contributed by atoms with Crippen LogP contribution in [0.25, 0.3) is 0 Å². The van der Waals surface area contributed by atoms with E-state index in [1.54, 1.807) is 0 Å². The summed E-state index contributed by atoms with van der Waals surface area (Å²) in [6.07, 6.45) is 10.3. The van der Waals surface area contributed by atoms with Crippen LogP contribution in [-0.2, 0) is 6.42 Å². The summed E-state index contributed by atoms with van der Waals surface area (Å²) >= 11 is 0. The van der Waals surface area contributed by atoms with Gasteiger partial charge in [-0.2, -0.15) is 0 Å². The number of benzene rings is 2. The van der Waals surface area contributed by atoms with Gasteiger partial charge in [0.1, 0.15) is 5.82 Å². The Labute approximate surface area is 203 Å². The zero-order valence-corrected chi connectivity index (χ0v) is 20.0. The predicted molar refractivity (Wildman–Crippen MR) is 142 cm³/mol. The maximum Gasteiger partial charge on any atom is 0.126 e. The molecule has 0 radical (unpaired) electrons. The summed E-state index contributed by atoms with van der Waals surface area (Å²) in [6.45, 7) is 2.17. The molecule has 0 spiro atoms. The van der Waals surface area contributed by atoms with Crippen molar-refractivity contribution in [3.8, 4) is 0 Å². The number of pyridine rings is 1. The highest BCUT2D eigenvalue weighted by Crippen LogP contribution is 2.26. The molecule has 5 heteroatoms. The molecule has 0 amide bonds. The van der Waals surface area contributed by atoms with Crippen molar-refractivity contribution in [3.63, 3.8) is 0 Å². The molecular formula is C29H37N5. The first-order valence-corrected chi connectivity index (χ1v) is 12.8. The van der Waals surface area contributed by atoms with E-state index < -0.39 is 0 Å². The molecular weight excluding hydrogens is 418 g/mol. The Kier molecular flexibility index (Phi) is 7.30. The first-order valence-electron chi connectivity index (χ1n) is 12.8. The van der Waals surface area contributed by atoms with Crippen molar-refractivity contribution in [2.75, 3.05) is 29.0 Å². The quantitative estimate of drug-likeness (QED) is 0.425. The summed E-state index contributed by atoms with van der Waals surface area (Å²) in [7, 11) is 0. The number of hydrogen-bond donors (Lipinski definition) is 3. The van der Waals surface area contributed by atoms with Gasteiger partial charge in [-0.1, -0.05) is 43.2 Å². The smallest absolute Gasteiger partial charge is 0.126 e. The number of nitrogens with zero attached hydrogens (tertiary/aromatic N) is 2. The minimum Gasteiger partial charge on any atom is -0.399 e. The van der Waals surface area contributed by atoms with Crippen molar-refractivity contribution in [1.82, 2.24) is 10.3 Å². The Morgan fingerprint density at radius 3 is 2.47 bits per heavy atom. The normalized spacial score (nSPS) is 22.9. The molecule has 34 heavy (non-hydrogen) atoms. The van der Waals surface area contributed by atoms with E-state index >= 15 is 0 Å². The number of rotatable bonds is 7. The molecule has 1 aliphatic heterocycles. The Bertz CT molecular complexity index is 1040. The van der Waals surface area contributed by atoms with Gasteiger partial charge in [0, 0.05) is 48.8 Å². The molecule has 178 valence electrons. The molecule has 0 bridgehead atoms. The lowest BCUT2D eigenvalue weighted by molar-refractivity contribution is 0.293. The van der Waals surface area contributed by atoms with Crippen LogP contribution >= 0.6 is 0 Å². The molecule has 5 nitrogen and oxygen atoms in total. The fraction of sp³-hybridized carbons (Fsp3) is 0.414. The van der Waals surface area contributed by atoms with Gasteiger partial charge in [0.2, 0.25) is 0 Å². The van der Waals surface area contributed by atoms with E-state index in [2.05, 4.69) is 75.1 Å². The van der Waals surface area contributed by atoms with Crippen molar-refractivity contribution in [1.29, 1.82) is 0 Å². The summed E-state index contributed by atoms with van der Waals surface area (Å²) in [5, 5.41) is 7.83. The standard InChI is InChI=1S/C29H37N5/c30-24-12-14-26(15-13-24)34-18-6-9-25(21-34)32-27-10-4-5-11-28(27)33-29-20-23(16-17-31-29)19-22-7-2-1-3-8-22/h1-3,7-8,12-17,20,25,27-28,32H,4-6,9-11,18-19,21,30H2,(H,31,33)/t25-,27+,28+/m0/s1. The van der Waals surface area contributed by atoms with Gasteiger partial charge in [-0.25, -0.2) is 4.98 Å². The average Bonchev–Trinajstić information content (AvgIpc) is 2.87. The minimum atomic E-state index is 0.417. The lowest BCUT2D eigenvalue weighted by atomic mass is 9.89. The molecule has 3 aromatic rings. The van der Waals surface area contributed by atoms with Crippen molar-refractivity contribution in [2.45, 2.75) is 63.1 Å². The van der Waals surface area contributed by atoms with E-state index in [0.717, 1.165) is 31.0 Å². The monoisotopic (exact) mass is 455 g/mol. The Balaban J connectivity index is 1.21. The maximum absolute atomic E-state index is 5.89. The second-order valence-electron chi connectivity index (χ2n) is 9.90. The van der Waals surface area contributed by atoms with Crippen LogP contribution < -0.4 is 21.3 Å². The van der Waals surface area contributed by atoms with Crippen LogP contribution in [0.1, 0.15) is 49.7 Å². The van der Waals surface area contributed by atoms with Gasteiger partial charge in [0.15, 0.2) is 0 Å². The minimum absolute atomic E-state index is 0.417. The number of nitrogens with one attached hydrogen (secondary N) is 2. The fourth-order valence-corrected chi connectivity index (χ4v) is 5.52. The van der Waals surface area contributed by atoms with Crippen molar-refractivity contribution in [2.24, 2.45) is 0 Å². The van der Waals surface area contributed by atoms with E-state index in [1.165, 1.54) is 55.3 Å². The Morgan fingerprint density at radius 1 is 0.853 bits per heavy atom. The topological polar surface area (TPSA) is 66.2 Å². The Morgan fingerprint density at radius 2 is 1.65 bits per heavy atom. The fourth-order valence-electron chi connectivity index (χ4n) is 5.52. The van der Waals surface area contributed by atoms with Gasteiger partial charge in [-0.05, 0) is 79.6 Å². The Hall–Kier alpha value is -3.05. The van der Waals surface area contributed by atoms with Crippen LogP contribution in [0.4, 0.5) is 17.2 Å². The number of piperidine rings is 1. The summed E-state index contributed by atoms with van der Waals surface area (Å²) in [4.78, 5) is 7.16. The lowest BCUT2D eigenvalue weighted by Gasteiger charge is -2.40. The first kappa shape index (κ1) is 22.7. The van der Waals surface area contributed by atoms with E-state index in [-0.39, 0.29) is 0 Å². The molecule has 1 saturated carbocycles. The highest BCUT2D eigenvalue weighted by molar-refractivity contribution is 5.53. The summed E-state index contributed by atoms with van der Waals surface area (Å²) in [5.74, 6) is 0.999. The van der Waals surface area contributed by atoms with E-state index in [4.69, 9.17) is 5.73 Å². The van der Waals surface area contributed by atoms with Crippen molar-refractivity contribution < 1.29 is 0 Å². The maximum atomic E-state index is 5.89. The van der Waals surface area contributed by atoms with Gasteiger partial charge in [0.05, 0.1) is 0 Å². The van der Waals surface area contributed by atoms with Gasteiger partial charge in [0.25, 0.3) is 0 Å². The highest BCUT2D eigenvalue weighted by atomic mass is 15.2. The van der Waals surface area contributed by atoms with Gasteiger partial charge < -0.3 is 21.3 Å². The largest absolute Gasteiger partial charge is 0.399 e. The van der Waals surface area contributed by atoms with E-state index in [0.29, 0.717) is 18.1 Å². The van der Waals surface area contributed by atoms with Crippen LogP contribution in [0.2, 0.25) is 0 Å². The summed E-state index contributed by atoms with van der Waals surface area (Å²) in [6, 6.07) is 24.7. The molecule has 2 aliphatic rings. The number of aromatic nitrogens is 1. The number of nitrogens with two attached hydrogens (primary N) is 1. The molecule has 1 aromatic heterocycles. The van der Waals surface area contributed by atoms with Crippen LogP contribution in [0.5, 0.6) is 0 Å². The van der Waals surface area contributed by atoms with Gasteiger partial charge >= 0.3 is 0 Å². The third-order valence-electron chi connectivity index (χ3n) is 7.30. The average molecular weight is 456 g/mol. The molecule has 5 rings (SSSR count). The molecule has 1 saturated heterocycles. The predicted octanol–water partition coefficient (Wildman–Crippen LogP) is 5.24. The molecule has 0 unspecified atom stereocenters. The first-order chi connectivity index (χ1) is 16.7. The van der Waals surface area contributed by atoms with Crippen LogP contribution in [-0.4, -0.2) is 36.2 Å². The van der Waals surface area contributed by atoms with Crippen LogP contribution in [0.15, 0.2) is 72.9 Å². The van der Waals surface area contributed by atoms with Gasteiger partial charge in [-0.3, -0.25) is 0 Å². The van der Waals surface area contributed by atoms with Crippen molar-refractivity contribution >= 4 is 17.2 Å². The highest BCUT2D eigenvalue weighted by Gasteiger charge is 2.29. The summed E-state index contributed by atoms with van der Waals surface area (Å²) in [5.41, 5.74) is 10.6. The molecule has 3 atom stereocenters. The number of anilines is 3. The molecule has 1 aliphatic carbocycles. The van der Waals surface area contributed by atoms with Crippen LogP contribution in [0.3, 0.4) is 0 Å². The molecule has 4 N–H and O–H groups in total. The lowest BCUT2D eigenvalue weighted by Crippen LogP contribution is -2.55. The molecule has 2 aromatic carbocycles. The van der Waals surface area contributed by atoms with Crippen LogP contribution in [0, 0.1) is 0 Å². The SMILES string of the molecule is Nc1ccc(N2CCC[C@H](N[C@@H]3CCCC[C@H]3Nc3cc(Cc4ccccc4)ccn3)C2)cc1. The van der Waals surface area contributed by atoms with E-state index in [1.807, 2.05) is 18.3 Å². The second-order valence-corrected chi connectivity index (χ2v) is 9.90. The summed E-state index contributed by atoms with van der Waals surface area (Å²) < 4.78 is 0. The zero-order valence-electron chi connectivity index (χ0n) is 20.0.